The van der Waals surface area contributed by atoms with Crippen LogP contribution in [0.4, 0.5) is 27.9 Å². The van der Waals surface area contributed by atoms with Crippen LogP contribution in [0.25, 0.3) is 0 Å². The number of nitrogens with two attached hydrogens (primary N) is 1. The molecule has 0 spiro atoms. The molecule has 0 unspecified atom stereocenters. The summed E-state index contributed by atoms with van der Waals surface area (Å²) in [7, 11) is 1.46. The third-order valence-corrected chi connectivity index (χ3v) is 6.42. The molecule has 1 saturated heterocycles. The van der Waals surface area contributed by atoms with Gasteiger partial charge in [0.1, 0.15) is 0 Å². The lowest BCUT2D eigenvalue weighted by molar-refractivity contribution is 0.378. The molecule has 1 aromatic heterocycles. The van der Waals surface area contributed by atoms with Crippen molar-refractivity contribution in [2.24, 2.45) is 5.92 Å². The normalized spacial score (nSPS) is 18.2. The number of nitrogens with one attached hydrogen (secondary N) is 2. The van der Waals surface area contributed by atoms with Crippen molar-refractivity contribution in [2.45, 2.75) is 57.4 Å². The summed E-state index contributed by atoms with van der Waals surface area (Å²) in [4.78, 5) is 15.4. The van der Waals surface area contributed by atoms with Gasteiger partial charge in [-0.3, -0.25) is 0 Å². The van der Waals surface area contributed by atoms with Crippen LogP contribution in [-0.2, 0) is 0 Å². The summed E-state index contributed by atoms with van der Waals surface area (Å²) >= 11 is 0. The van der Waals surface area contributed by atoms with Crippen LogP contribution < -0.4 is 26.0 Å². The molecule has 1 aliphatic heterocycles. The molecule has 0 bridgehead atoms. The van der Waals surface area contributed by atoms with Crippen LogP contribution in [0, 0.1) is 11.7 Å². The molecule has 0 amide bonds. The average molecular weight is 444 g/mol. The van der Waals surface area contributed by atoms with Gasteiger partial charge in [-0.05, 0) is 56.8 Å². The van der Waals surface area contributed by atoms with Crippen LogP contribution in [-0.4, -0.2) is 47.7 Å². The van der Waals surface area contributed by atoms with Gasteiger partial charge < -0.3 is 26.0 Å². The lowest BCUT2D eigenvalue weighted by atomic mass is 9.97. The molecule has 4 rings (SSSR count). The van der Waals surface area contributed by atoms with Crippen molar-refractivity contribution < 1.29 is 9.13 Å². The van der Waals surface area contributed by atoms with E-state index in [1.807, 2.05) is 11.0 Å². The summed E-state index contributed by atoms with van der Waals surface area (Å²) in [6.45, 7) is 2.63. The Hall–Kier alpha value is -2.68. The van der Waals surface area contributed by atoms with Crippen LogP contribution in [0.5, 0.6) is 5.75 Å². The fraction of sp³-hybridized carbons (Fsp3) is 0.609. The molecule has 1 aliphatic carbocycles. The summed E-state index contributed by atoms with van der Waals surface area (Å²) in [5.74, 6) is 1.33. The van der Waals surface area contributed by atoms with Gasteiger partial charge in [-0.1, -0.05) is 25.7 Å². The number of rotatable bonds is 7. The summed E-state index contributed by atoms with van der Waals surface area (Å²) in [5, 5.41) is 6.86. The molecule has 2 fully saturated rings. The predicted molar refractivity (Wildman–Crippen MR) is 125 cm³/mol. The Morgan fingerprint density at radius 1 is 1.09 bits per heavy atom. The Kier molecular flexibility index (Phi) is 7.57. The van der Waals surface area contributed by atoms with E-state index in [0.29, 0.717) is 36.1 Å². The molecule has 2 aromatic rings. The summed E-state index contributed by atoms with van der Waals surface area (Å²) in [5.41, 5.74) is 6.76. The fourth-order valence-corrected chi connectivity index (χ4v) is 4.62. The largest absolute Gasteiger partial charge is 0.494 e. The van der Waals surface area contributed by atoms with Gasteiger partial charge in [-0.25, -0.2) is 4.39 Å². The number of ether oxygens (including phenoxy) is 1. The second-order valence-corrected chi connectivity index (χ2v) is 8.77. The third-order valence-electron chi connectivity index (χ3n) is 6.42. The molecule has 1 aromatic carbocycles. The zero-order valence-electron chi connectivity index (χ0n) is 18.8. The van der Waals surface area contributed by atoms with Crippen LogP contribution >= 0.6 is 0 Å². The van der Waals surface area contributed by atoms with Crippen LogP contribution in [0.1, 0.15) is 51.4 Å². The number of anilines is 4. The lowest BCUT2D eigenvalue weighted by Gasteiger charge is -2.30. The Balaban J connectivity index is 1.63. The number of methoxy groups -OCH3 is 1. The molecule has 2 heterocycles. The van der Waals surface area contributed by atoms with E-state index in [1.165, 1.54) is 38.9 Å². The van der Waals surface area contributed by atoms with Gasteiger partial charge in [-0.15, -0.1) is 0 Å². The number of piperidine rings is 1. The van der Waals surface area contributed by atoms with Gasteiger partial charge >= 0.3 is 0 Å². The van der Waals surface area contributed by atoms with Gasteiger partial charge in [0, 0.05) is 24.3 Å². The van der Waals surface area contributed by atoms with Crippen LogP contribution in [0.3, 0.4) is 0 Å². The molecular weight excluding hydrogens is 409 g/mol. The highest BCUT2D eigenvalue weighted by Crippen LogP contribution is 2.30. The molecule has 8 nitrogen and oxygen atoms in total. The van der Waals surface area contributed by atoms with Gasteiger partial charge in [0.25, 0.3) is 0 Å². The maximum Gasteiger partial charge on any atom is 0.236 e. The molecule has 0 atom stereocenters. The third kappa shape index (κ3) is 5.76. The fourth-order valence-electron chi connectivity index (χ4n) is 4.62. The maximum atomic E-state index is 14.6. The van der Waals surface area contributed by atoms with Crippen molar-refractivity contribution in [1.82, 2.24) is 20.3 Å². The van der Waals surface area contributed by atoms with Gasteiger partial charge in [0.05, 0.1) is 7.11 Å². The molecule has 9 heteroatoms. The number of nitrogens with zero attached hydrogens (tertiary/aromatic N) is 4. The van der Waals surface area contributed by atoms with Gasteiger partial charge in [0.2, 0.25) is 17.8 Å². The van der Waals surface area contributed by atoms with Crippen LogP contribution in [0.15, 0.2) is 18.2 Å². The van der Waals surface area contributed by atoms with E-state index in [9.17, 15) is 4.39 Å². The van der Waals surface area contributed by atoms with E-state index in [0.717, 1.165) is 38.8 Å². The quantitative estimate of drug-likeness (QED) is 0.555. The molecule has 1 saturated carbocycles. The minimum Gasteiger partial charge on any atom is -0.494 e. The van der Waals surface area contributed by atoms with E-state index in [-0.39, 0.29) is 11.7 Å². The first kappa shape index (κ1) is 22.5. The highest BCUT2D eigenvalue weighted by atomic mass is 19.1. The number of halogens is 1. The molecule has 174 valence electrons. The van der Waals surface area contributed by atoms with E-state index in [1.54, 1.807) is 6.07 Å². The molecule has 0 radical (unpaired) electrons. The van der Waals surface area contributed by atoms with Gasteiger partial charge in [-0.2, -0.15) is 15.0 Å². The van der Waals surface area contributed by atoms with E-state index < -0.39 is 5.82 Å². The first-order valence-corrected chi connectivity index (χ1v) is 11.7. The second-order valence-electron chi connectivity index (χ2n) is 8.77. The Morgan fingerprint density at radius 2 is 1.84 bits per heavy atom. The zero-order valence-corrected chi connectivity index (χ0v) is 18.8. The Bertz CT molecular complexity index is 883. The van der Waals surface area contributed by atoms with E-state index in [4.69, 9.17) is 15.5 Å². The monoisotopic (exact) mass is 443 g/mol. The van der Waals surface area contributed by atoms with E-state index in [2.05, 4.69) is 20.6 Å². The number of benzene rings is 1. The first-order valence-electron chi connectivity index (χ1n) is 11.7. The summed E-state index contributed by atoms with van der Waals surface area (Å²) in [6, 6.07) is 5.28. The standard InChI is InChI=1S/C23H34FN7O/c1-32-20-9-8-18(14-19(20)24)31(15-16-10-12-26-13-11-16)23-29-21(25)28-22(30-23)27-17-6-4-2-3-5-7-17/h8-9,14,16-17,26H,2-7,10-13,15H2,1H3,(H3,25,27,28,29,30). The summed E-state index contributed by atoms with van der Waals surface area (Å²) < 4.78 is 19.7. The molecular formula is C23H34FN7O. The second kappa shape index (κ2) is 10.8. The maximum absolute atomic E-state index is 14.6. The minimum atomic E-state index is -0.417. The topological polar surface area (TPSA) is 101 Å². The number of hydrogen-bond donors (Lipinski definition) is 3. The molecule has 4 N–H and O–H groups in total. The Morgan fingerprint density at radius 3 is 2.53 bits per heavy atom. The molecule has 32 heavy (non-hydrogen) atoms. The number of nitrogen functional groups attached to an aromatic ring is 1. The first-order chi connectivity index (χ1) is 15.6. The van der Waals surface area contributed by atoms with Crippen molar-refractivity contribution in [2.75, 3.05) is 42.7 Å². The number of hydrogen-bond acceptors (Lipinski definition) is 8. The lowest BCUT2D eigenvalue weighted by Crippen LogP contribution is -2.35. The van der Waals surface area contributed by atoms with E-state index >= 15 is 0 Å². The van der Waals surface area contributed by atoms with Crippen LogP contribution in [0.2, 0.25) is 0 Å². The number of aromatic nitrogens is 3. The van der Waals surface area contributed by atoms with Crippen molar-refractivity contribution in [3.8, 4) is 5.75 Å². The van der Waals surface area contributed by atoms with Crippen molar-refractivity contribution in [3.63, 3.8) is 0 Å². The highest BCUT2D eigenvalue weighted by Gasteiger charge is 2.23. The van der Waals surface area contributed by atoms with Crippen molar-refractivity contribution >= 4 is 23.5 Å². The summed E-state index contributed by atoms with van der Waals surface area (Å²) in [6.07, 6.45) is 9.25. The minimum absolute atomic E-state index is 0.162. The zero-order chi connectivity index (χ0) is 22.3. The molecule has 2 aliphatic rings. The SMILES string of the molecule is COc1ccc(N(CC2CCNCC2)c2nc(N)nc(NC3CCCCCC3)n2)cc1F. The predicted octanol–water partition coefficient (Wildman–Crippen LogP) is 3.87. The average Bonchev–Trinajstić information content (AvgIpc) is 3.06. The smallest absolute Gasteiger partial charge is 0.236 e. The van der Waals surface area contributed by atoms with Crippen molar-refractivity contribution in [1.29, 1.82) is 0 Å². The van der Waals surface area contributed by atoms with Gasteiger partial charge in [0.15, 0.2) is 11.6 Å². The Labute approximate surface area is 189 Å². The van der Waals surface area contributed by atoms with Crippen molar-refractivity contribution in [3.05, 3.63) is 24.0 Å². The highest BCUT2D eigenvalue weighted by molar-refractivity contribution is 5.60.